The van der Waals surface area contributed by atoms with E-state index in [9.17, 15) is 9.59 Å². The summed E-state index contributed by atoms with van der Waals surface area (Å²) in [5.41, 5.74) is 5.51. The summed E-state index contributed by atoms with van der Waals surface area (Å²) < 4.78 is 5.32. The molecule has 22 heavy (non-hydrogen) atoms. The van der Waals surface area contributed by atoms with Gasteiger partial charge in [0.1, 0.15) is 17.9 Å². The second-order valence-corrected chi connectivity index (χ2v) is 4.94. The molecule has 118 valence electrons. The average Bonchev–Trinajstić information content (AvgIpc) is 2.80. The number of nitrogens with one attached hydrogen (secondary N) is 2. The van der Waals surface area contributed by atoms with Gasteiger partial charge in [-0.25, -0.2) is 10.8 Å². The molecule has 0 aliphatic carbocycles. The van der Waals surface area contributed by atoms with Crippen molar-refractivity contribution in [2.24, 2.45) is 22.5 Å². The van der Waals surface area contributed by atoms with Gasteiger partial charge >= 0.3 is 0 Å². The first-order valence-corrected chi connectivity index (χ1v) is 6.60. The summed E-state index contributed by atoms with van der Waals surface area (Å²) in [7, 11) is 1.48. The number of methoxy groups -OCH3 is 1. The molecule has 1 unspecified atom stereocenters. The number of fused-ring (bicyclic) bond motifs is 1. The van der Waals surface area contributed by atoms with Crippen molar-refractivity contribution in [3.63, 3.8) is 0 Å². The molecule has 2 aliphatic rings. The Hall–Kier alpha value is -2.68. The number of hydrogen-bond acceptors (Lipinski definition) is 7. The first-order valence-electron chi connectivity index (χ1n) is 6.60. The van der Waals surface area contributed by atoms with Gasteiger partial charge in [0.25, 0.3) is 0 Å². The molecule has 0 aromatic carbocycles. The number of nitrogens with zero attached hydrogens (tertiary/aromatic N) is 2. The molecule has 0 saturated heterocycles. The molecule has 0 radical (unpaired) electrons. The first kappa shape index (κ1) is 15.7. The number of hydrogen-bond donors (Lipinski definition) is 4. The van der Waals surface area contributed by atoms with Crippen LogP contribution in [-0.4, -0.2) is 42.0 Å². The van der Waals surface area contributed by atoms with Crippen LogP contribution in [0.1, 0.15) is 12.8 Å². The topological polar surface area (TPSA) is 147 Å². The predicted octanol–water partition coefficient (Wildman–Crippen LogP) is -1.02. The van der Waals surface area contributed by atoms with Crippen LogP contribution in [0.3, 0.4) is 0 Å². The summed E-state index contributed by atoms with van der Waals surface area (Å²) >= 11 is 0. The second-order valence-electron chi connectivity index (χ2n) is 4.94. The van der Waals surface area contributed by atoms with E-state index in [4.69, 9.17) is 21.7 Å². The van der Waals surface area contributed by atoms with E-state index in [1.807, 2.05) is 0 Å². The molecule has 0 saturated carbocycles. The van der Waals surface area contributed by atoms with Gasteiger partial charge in [-0.2, -0.15) is 0 Å². The zero-order valence-electron chi connectivity index (χ0n) is 12.1. The third-order valence-electron chi connectivity index (χ3n) is 3.57. The monoisotopic (exact) mass is 306 g/mol. The maximum Gasteiger partial charge on any atom is 0.225 e. The minimum absolute atomic E-state index is 0.203. The average molecular weight is 306 g/mol. The van der Waals surface area contributed by atoms with E-state index in [0.717, 1.165) is 11.3 Å². The van der Waals surface area contributed by atoms with Crippen molar-refractivity contribution in [1.29, 1.82) is 5.41 Å². The molecule has 0 aromatic heterocycles. The number of aliphatic imine (C=N–C) groups is 1. The lowest BCUT2D eigenvalue weighted by Crippen LogP contribution is -2.40. The van der Waals surface area contributed by atoms with Gasteiger partial charge in [0.15, 0.2) is 5.78 Å². The number of amidine groups is 1. The molecule has 6 N–H and O–H groups in total. The summed E-state index contributed by atoms with van der Waals surface area (Å²) in [5.74, 6) is 5.19. The van der Waals surface area contributed by atoms with E-state index in [0.29, 0.717) is 23.6 Å². The fourth-order valence-corrected chi connectivity index (χ4v) is 2.54. The molecule has 9 nitrogen and oxygen atoms in total. The molecular weight excluding hydrogens is 288 g/mol. The van der Waals surface area contributed by atoms with Crippen LogP contribution in [0.5, 0.6) is 0 Å². The minimum atomic E-state index is -0.681. The van der Waals surface area contributed by atoms with Crippen LogP contribution in [0.4, 0.5) is 0 Å². The smallest absolute Gasteiger partial charge is 0.225 e. The van der Waals surface area contributed by atoms with E-state index in [-0.39, 0.29) is 24.2 Å². The zero-order valence-corrected chi connectivity index (χ0v) is 12.1. The van der Waals surface area contributed by atoms with E-state index < -0.39 is 5.91 Å². The Labute approximate surface area is 127 Å². The Morgan fingerprint density at radius 1 is 1.64 bits per heavy atom. The van der Waals surface area contributed by atoms with Gasteiger partial charge in [0.05, 0.1) is 25.6 Å². The van der Waals surface area contributed by atoms with Crippen LogP contribution in [0.2, 0.25) is 0 Å². The third kappa shape index (κ3) is 2.98. The molecule has 1 amide bonds. The minimum Gasteiger partial charge on any atom is -0.499 e. The number of carbonyl (C=O) groups excluding carboxylic acids is 2. The number of ketones is 1. The molecule has 0 fully saturated rings. The molecule has 0 spiro atoms. The molecule has 9 heteroatoms. The summed E-state index contributed by atoms with van der Waals surface area (Å²) in [4.78, 5) is 27.3. The fraction of sp³-hybridized carbons (Fsp3) is 0.385. The number of rotatable bonds is 5. The van der Waals surface area contributed by atoms with Crippen molar-refractivity contribution in [3.05, 3.63) is 23.7 Å². The molecular formula is C13H18N6O3. The lowest BCUT2D eigenvalue weighted by molar-refractivity contribution is -0.124. The Balaban J connectivity index is 2.27. The Bertz CT molecular complexity index is 595. The number of primary amides is 1. The van der Waals surface area contributed by atoms with Gasteiger partial charge in [-0.05, 0) is 0 Å². The predicted molar refractivity (Wildman–Crippen MR) is 79.3 cm³/mol. The third-order valence-corrected chi connectivity index (χ3v) is 3.57. The van der Waals surface area contributed by atoms with Crippen LogP contribution >= 0.6 is 0 Å². The van der Waals surface area contributed by atoms with E-state index in [1.54, 1.807) is 6.20 Å². The van der Waals surface area contributed by atoms with Crippen LogP contribution in [-0.2, 0) is 14.3 Å². The van der Waals surface area contributed by atoms with Crippen molar-refractivity contribution in [2.75, 3.05) is 7.11 Å². The lowest BCUT2D eigenvalue weighted by Gasteiger charge is -2.23. The quantitative estimate of drug-likeness (QED) is 0.168. The van der Waals surface area contributed by atoms with E-state index in [2.05, 4.69) is 10.3 Å². The van der Waals surface area contributed by atoms with Gasteiger partial charge in [-0.15, -0.1) is 0 Å². The number of carbonyl (C=O) groups is 2. The summed E-state index contributed by atoms with van der Waals surface area (Å²) in [6.07, 6.45) is 4.03. The van der Waals surface area contributed by atoms with Gasteiger partial charge in [0, 0.05) is 24.2 Å². The standard InChI is InChI=1S/C13H18N6O3/c1-22-10-5-18-12(19(16)6-14)2-8-13(10)7(4-17-8)9(20)3-11(15)21/h4-6,8,13-14,17H,2-3,16H2,1H3,(H2,15,21)/t8?,13-/m1/s1. The van der Waals surface area contributed by atoms with E-state index in [1.165, 1.54) is 13.3 Å². The lowest BCUT2D eigenvalue weighted by atomic mass is 9.88. The van der Waals surface area contributed by atoms with Crippen molar-refractivity contribution >= 4 is 23.9 Å². The molecule has 2 rings (SSSR count). The summed E-state index contributed by atoms with van der Waals surface area (Å²) in [5, 5.41) is 11.4. The van der Waals surface area contributed by atoms with Crippen LogP contribution in [0.15, 0.2) is 28.7 Å². The van der Waals surface area contributed by atoms with Crippen LogP contribution in [0.25, 0.3) is 0 Å². The molecule has 0 bridgehead atoms. The van der Waals surface area contributed by atoms with Gasteiger partial charge in [0.2, 0.25) is 5.91 Å². The fourth-order valence-electron chi connectivity index (χ4n) is 2.54. The molecule has 2 heterocycles. The number of amides is 1. The molecule has 2 aliphatic heterocycles. The van der Waals surface area contributed by atoms with Crippen LogP contribution < -0.4 is 16.9 Å². The molecule has 0 aromatic rings. The normalized spacial score (nSPS) is 23.1. The highest BCUT2D eigenvalue weighted by molar-refractivity contribution is 6.07. The van der Waals surface area contributed by atoms with Crippen molar-refractivity contribution in [3.8, 4) is 0 Å². The number of hydrazine groups is 1. The first-order chi connectivity index (χ1) is 10.5. The highest BCUT2D eigenvalue weighted by atomic mass is 16.5. The maximum absolute atomic E-state index is 12.2. The van der Waals surface area contributed by atoms with Gasteiger partial charge in [-0.3, -0.25) is 20.0 Å². The van der Waals surface area contributed by atoms with Crippen molar-refractivity contribution in [1.82, 2.24) is 10.3 Å². The Kier molecular flexibility index (Phi) is 4.56. The van der Waals surface area contributed by atoms with Crippen LogP contribution in [0, 0.1) is 11.3 Å². The Morgan fingerprint density at radius 2 is 2.36 bits per heavy atom. The summed E-state index contributed by atoms with van der Waals surface area (Å²) in [6, 6.07) is -0.203. The largest absolute Gasteiger partial charge is 0.499 e. The highest BCUT2D eigenvalue weighted by Gasteiger charge is 2.39. The second kappa shape index (κ2) is 6.39. The zero-order chi connectivity index (χ0) is 16.3. The van der Waals surface area contributed by atoms with Gasteiger partial charge < -0.3 is 15.8 Å². The highest BCUT2D eigenvalue weighted by Crippen LogP contribution is 2.33. The van der Waals surface area contributed by atoms with Crippen molar-refractivity contribution in [2.45, 2.75) is 18.9 Å². The maximum atomic E-state index is 12.2. The van der Waals surface area contributed by atoms with E-state index >= 15 is 0 Å². The number of nitrogens with two attached hydrogens (primary N) is 2. The SMILES string of the molecule is COC1=CN=C(N(N)C=N)CC2NC=C(C(=O)CC(N)=O)[C@@H]12. The molecule has 2 atom stereocenters. The van der Waals surface area contributed by atoms with Crippen molar-refractivity contribution < 1.29 is 14.3 Å². The van der Waals surface area contributed by atoms with Gasteiger partial charge in [-0.1, -0.05) is 0 Å². The summed E-state index contributed by atoms with van der Waals surface area (Å²) in [6.45, 7) is 0. The Morgan fingerprint density at radius 3 is 2.95 bits per heavy atom. The number of ether oxygens (including phenoxy) is 1. The number of Topliss-reactive ketones (excluding diaryl/α,β-unsaturated/α-hetero) is 1.